The standard InChI is InChI=1S/C18H19BrFNOS/c19-16-7-3-15(4-8-16)12-23-13-18(22)21-11-1-2-14-5-9-17(20)10-6-14/h3-10H,1-2,11-13H2,(H,21,22). The largest absolute Gasteiger partial charge is 0.355 e. The predicted molar refractivity (Wildman–Crippen MR) is 98.0 cm³/mol. The van der Waals surface area contributed by atoms with Gasteiger partial charge in [0.1, 0.15) is 5.82 Å². The van der Waals surface area contributed by atoms with Crippen molar-refractivity contribution in [2.75, 3.05) is 12.3 Å². The molecule has 2 rings (SSSR count). The first kappa shape index (κ1) is 18.0. The summed E-state index contributed by atoms with van der Waals surface area (Å²) in [5.74, 6) is 1.14. The highest BCUT2D eigenvalue weighted by atomic mass is 79.9. The van der Waals surface area contributed by atoms with E-state index in [1.165, 1.54) is 17.7 Å². The van der Waals surface area contributed by atoms with Crippen LogP contribution in [0.15, 0.2) is 53.0 Å². The van der Waals surface area contributed by atoms with Crippen molar-refractivity contribution in [1.82, 2.24) is 5.32 Å². The Morgan fingerprint density at radius 1 is 1.04 bits per heavy atom. The maximum absolute atomic E-state index is 12.8. The van der Waals surface area contributed by atoms with E-state index in [-0.39, 0.29) is 11.7 Å². The van der Waals surface area contributed by atoms with Gasteiger partial charge in [-0.25, -0.2) is 4.39 Å². The summed E-state index contributed by atoms with van der Waals surface area (Å²) in [5.41, 5.74) is 2.30. The molecule has 2 nitrogen and oxygen atoms in total. The number of nitrogens with one attached hydrogen (secondary N) is 1. The number of hydrogen-bond acceptors (Lipinski definition) is 2. The van der Waals surface area contributed by atoms with E-state index in [0.29, 0.717) is 12.3 Å². The molecule has 5 heteroatoms. The number of carbonyl (C=O) groups excluding carboxylic acids is 1. The lowest BCUT2D eigenvalue weighted by Gasteiger charge is -2.06. The fraction of sp³-hybridized carbons (Fsp3) is 0.278. The van der Waals surface area contributed by atoms with Crippen molar-refractivity contribution in [3.63, 3.8) is 0 Å². The third kappa shape index (κ3) is 7.18. The fourth-order valence-electron chi connectivity index (χ4n) is 2.06. The Bertz CT molecular complexity index is 616. The molecule has 0 aliphatic heterocycles. The first-order valence-corrected chi connectivity index (χ1v) is 9.41. The molecule has 1 N–H and O–H groups in total. The van der Waals surface area contributed by atoms with E-state index < -0.39 is 0 Å². The maximum Gasteiger partial charge on any atom is 0.230 e. The Labute approximate surface area is 149 Å². The van der Waals surface area contributed by atoms with E-state index in [0.717, 1.165) is 28.6 Å². The zero-order valence-corrected chi connectivity index (χ0v) is 15.1. The molecule has 0 aliphatic carbocycles. The minimum Gasteiger partial charge on any atom is -0.355 e. The molecule has 0 bridgehead atoms. The van der Waals surface area contributed by atoms with Gasteiger partial charge in [-0.1, -0.05) is 40.2 Å². The second-order valence-electron chi connectivity index (χ2n) is 5.20. The second kappa shape index (κ2) is 9.73. The summed E-state index contributed by atoms with van der Waals surface area (Å²) >= 11 is 5.01. The summed E-state index contributed by atoms with van der Waals surface area (Å²) in [6.07, 6.45) is 1.70. The Morgan fingerprint density at radius 3 is 2.39 bits per heavy atom. The van der Waals surface area contributed by atoms with Crippen LogP contribution in [0.5, 0.6) is 0 Å². The Balaban J connectivity index is 1.56. The van der Waals surface area contributed by atoms with Crippen molar-refractivity contribution in [3.8, 4) is 0 Å². The number of thioether (sulfide) groups is 1. The third-order valence-electron chi connectivity index (χ3n) is 3.29. The van der Waals surface area contributed by atoms with Crippen molar-refractivity contribution < 1.29 is 9.18 Å². The average Bonchev–Trinajstić information content (AvgIpc) is 2.55. The number of carbonyl (C=O) groups is 1. The summed E-state index contributed by atoms with van der Waals surface area (Å²) < 4.78 is 13.8. The molecule has 0 atom stereocenters. The first-order valence-electron chi connectivity index (χ1n) is 7.47. The zero-order chi connectivity index (χ0) is 16.5. The minimum atomic E-state index is -0.218. The zero-order valence-electron chi connectivity index (χ0n) is 12.7. The van der Waals surface area contributed by atoms with Crippen LogP contribution in [0, 0.1) is 5.82 Å². The highest BCUT2D eigenvalue weighted by molar-refractivity contribution is 9.10. The van der Waals surface area contributed by atoms with Gasteiger partial charge in [0.05, 0.1) is 5.75 Å². The molecule has 1 amide bonds. The molecular formula is C18H19BrFNOS. The third-order valence-corrected chi connectivity index (χ3v) is 4.83. The van der Waals surface area contributed by atoms with E-state index in [1.807, 2.05) is 12.1 Å². The van der Waals surface area contributed by atoms with Crippen LogP contribution < -0.4 is 5.32 Å². The monoisotopic (exact) mass is 395 g/mol. The van der Waals surface area contributed by atoms with Crippen molar-refractivity contribution in [1.29, 1.82) is 0 Å². The normalized spacial score (nSPS) is 10.5. The van der Waals surface area contributed by atoms with Gasteiger partial charge in [0.25, 0.3) is 0 Å². The van der Waals surface area contributed by atoms with Gasteiger partial charge in [0.15, 0.2) is 0 Å². The van der Waals surface area contributed by atoms with E-state index in [1.54, 1.807) is 23.9 Å². The van der Waals surface area contributed by atoms with Crippen molar-refractivity contribution in [3.05, 3.63) is 69.9 Å². The SMILES string of the molecule is O=C(CSCc1ccc(Br)cc1)NCCCc1ccc(F)cc1. The van der Waals surface area contributed by atoms with Gasteiger partial charge in [-0.05, 0) is 48.2 Å². The molecule has 23 heavy (non-hydrogen) atoms. The van der Waals surface area contributed by atoms with E-state index in [9.17, 15) is 9.18 Å². The topological polar surface area (TPSA) is 29.1 Å². The lowest BCUT2D eigenvalue weighted by atomic mass is 10.1. The van der Waals surface area contributed by atoms with Gasteiger partial charge in [-0.15, -0.1) is 11.8 Å². The fourth-order valence-corrected chi connectivity index (χ4v) is 3.15. The summed E-state index contributed by atoms with van der Waals surface area (Å²) in [7, 11) is 0. The van der Waals surface area contributed by atoms with Gasteiger partial charge < -0.3 is 5.32 Å². The predicted octanol–water partition coefficient (Wildman–Crippen LogP) is 4.57. The van der Waals surface area contributed by atoms with E-state index in [4.69, 9.17) is 0 Å². The molecule has 0 saturated carbocycles. The van der Waals surface area contributed by atoms with Crippen LogP contribution in [-0.2, 0) is 17.0 Å². The van der Waals surface area contributed by atoms with Gasteiger partial charge >= 0.3 is 0 Å². The Morgan fingerprint density at radius 2 is 1.70 bits per heavy atom. The summed E-state index contributed by atoms with van der Waals surface area (Å²) in [5, 5.41) is 2.92. The van der Waals surface area contributed by atoms with Crippen LogP contribution in [-0.4, -0.2) is 18.2 Å². The van der Waals surface area contributed by atoms with Gasteiger partial charge in [0.2, 0.25) is 5.91 Å². The molecule has 0 fully saturated rings. The Hall–Kier alpha value is -1.33. The molecule has 0 saturated heterocycles. The number of benzene rings is 2. The second-order valence-corrected chi connectivity index (χ2v) is 7.10. The lowest BCUT2D eigenvalue weighted by molar-refractivity contribution is -0.118. The van der Waals surface area contributed by atoms with Gasteiger partial charge in [0, 0.05) is 16.8 Å². The molecule has 0 spiro atoms. The van der Waals surface area contributed by atoms with Crippen molar-refractivity contribution in [2.24, 2.45) is 0 Å². The van der Waals surface area contributed by atoms with Gasteiger partial charge in [-0.3, -0.25) is 4.79 Å². The van der Waals surface area contributed by atoms with E-state index >= 15 is 0 Å². The van der Waals surface area contributed by atoms with Crippen molar-refractivity contribution >= 4 is 33.6 Å². The lowest BCUT2D eigenvalue weighted by Crippen LogP contribution is -2.26. The van der Waals surface area contributed by atoms with Crippen LogP contribution in [0.25, 0.3) is 0 Å². The molecule has 122 valence electrons. The number of rotatable bonds is 8. The summed E-state index contributed by atoms with van der Waals surface area (Å²) in [4.78, 5) is 11.8. The highest BCUT2D eigenvalue weighted by Gasteiger charge is 2.02. The van der Waals surface area contributed by atoms with Crippen LogP contribution in [0.1, 0.15) is 17.5 Å². The number of halogens is 2. The minimum absolute atomic E-state index is 0.0613. The molecule has 2 aromatic carbocycles. The average molecular weight is 396 g/mol. The van der Waals surface area contributed by atoms with Crippen molar-refractivity contribution in [2.45, 2.75) is 18.6 Å². The summed E-state index contributed by atoms with van der Waals surface area (Å²) in [6.45, 7) is 0.648. The molecule has 0 aliphatic rings. The Kier molecular flexibility index (Phi) is 7.62. The molecule has 0 aromatic heterocycles. The van der Waals surface area contributed by atoms with Crippen LogP contribution in [0.3, 0.4) is 0 Å². The quantitative estimate of drug-likeness (QED) is 0.663. The maximum atomic E-state index is 12.8. The number of amides is 1. The molecule has 0 unspecified atom stereocenters. The molecule has 0 heterocycles. The number of hydrogen-bond donors (Lipinski definition) is 1. The molecule has 0 radical (unpaired) electrons. The molecular weight excluding hydrogens is 377 g/mol. The number of aryl methyl sites for hydroxylation is 1. The first-order chi connectivity index (χ1) is 11.1. The van der Waals surface area contributed by atoms with Crippen LogP contribution in [0.4, 0.5) is 4.39 Å². The molecule has 2 aromatic rings. The van der Waals surface area contributed by atoms with Crippen LogP contribution >= 0.6 is 27.7 Å². The highest BCUT2D eigenvalue weighted by Crippen LogP contribution is 2.15. The smallest absolute Gasteiger partial charge is 0.230 e. The van der Waals surface area contributed by atoms with E-state index in [2.05, 4.69) is 33.4 Å². The summed E-state index contributed by atoms with van der Waals surface area (Å²) in [6, 6.07) is 14.6. The van der Waals surface area contributed by atoms with Crippen LogP contribution in [0.2, 0.25) is 0 Å². The van der Waals surface area contributed by atoms with Gasteiger partial charge in [-0.2, -0.15) is 0 Å².